The molecule has 0 atom stereocenters. The third-order valence-corrected chi connectivity index (χ3v) is 3.96. The first kappa shape index (κ1) is 13.4. The zero-order chi connectivity index (χ0) is 12.8. The fourth-order valence-electron chi connectivity index (χ4n) is 1.55. The van der Waals surface area contributed by atoms with Crippen LogP contribution in [0.3, 0.4) is 0 Å². The van der Waals surface area contributed by atoms with Gasteiger partial charge in [0, 0.05) is 17.7 Å². The summed E-state index contributed by atoms with van der Waals surface area (Å²) in [5.74, 6) is 1.78. The van der Waals surface area contributed by atoms with Crippen LogP contribution in [0.1, 0.15) is 16.7 Å². The zero-order valence-corrected chi connectivity index (χ0v) is 11.4. The van der Waals surface area contributed by atoms with Crippen LogP contribution < -0.4 is 0 Å². The van der Waals surface area contributed by atoms with Gasteiger partial charge in [0.25, 0.3) is 0 Å². The molecular formula is C14H14ClNOS. The van der Waals surface area contributed by atoms with E-state index in [1.54, 1.807) is 18.0 Å². The van der Waals surface area contributed by atoms with Gasteiger partial charge in [0.1, 0.15) is 5.15 Å². The number of aromatic nitrogens is 1. The van der Waals surface area contributed by atoms with Crippen LogP contribution >= 0.6 is 23.4 Å². The molecule has 0 aliphatic carbocycles. The van der Waals surface area contributed by atoms with Gasteiger partial charge in [0.05, 0.1) is 6.61 Å². The summed E-state index contributed by atoms with van der Waals surface area (Å²) in [5.41, 5.74) is 3.26. The Hall–Kier alpha value is -1.03. The molecule has 0 unspecified atom stereocenters. The number of hydrogen-bond donors (Lipinski definition) is 1. The second-order valence-electron chi connectivity index (χ2n) is 3.92. The minimum absolute atomic E-state index is 0.0959. The molecule has 1 aromatic heterocycles. The van der Waals surface area contributed by atoms with Crippen LogP contribution in [0.4, 0.5) is 0 Å². The van der Waals surface area contributed by atoms with E-state index in [0.717, 1.165) is 22.6 Å². The lowest BCUT2D eigenvalue weighted by Crippen LogP contribution is -1.88. The molecule has 1 N–H and O–H groups in total. The minimum atomic E-state index is 0.0959. The molecule has 18 heavy (non-hydrogen) atoms. The largest absolute Gasteiger partial charge is 0.392 e. The first-order chi connectivity index (χ1) is 8.79. The van der Waals surface area contributed by atoms with E-state index in [4.69, 9.17) is 16.7 Å². The summed E-state index contributed by atoms with van der Waals surface area (Å²) in [7, 11) is 0. The Balaban J connectivity index is 1.86. The topological polar surface area (TPSA) is 33.1 Å². The van der Waals surface area contributed by atoms with Crippen molar-refractivity contribution < 1.29 is 5.11 Å². The maximum absolute atomic E-state index is 8.96. The SMILES string of the molecule is OCc1ccc(CSCc2cccnc2Cl)cc1. The molecular weight excluding hydrogens is 266 g/mol. The van der Waals surface area contributed by atoms with Crippen molar-refractivity contribution in [3.8, 4) is 0 Å². The van der Waals surface area contributed by atoms with E-state index in [1.165, 1.54) is 5.56 Å². The van der Waals surface area contributed by atoms with Gasteiger partial charge in [0.15, 0.2) is 0 Å². The lowest BCUT2D eigenvalue weighted by Gasteiger charge is -2.04. The van der Waals surface area contributed by atoms with Gasteiger partial charge in [-0.1, -0.05) is 41.9 Å². The molecule has 1 heterocycles. The zero-order valence-electron chi connectivity index (χ0n) is 9.84. The quantitative estimate of drug-likeness (QED) is 0.848. The van der Waals surface area contributed by atoms with Gasteiger partial charge in [-0.25, -0.2) is 4.98 Å². The predicted octanol–water partition coefficient (Wildman–Crippen LogP) is 3.66. The molecule has 0 spiro atoms. The van der Waals surface area contributed by atoms with Crippen LogP contribution in [0.2, 0.25) is 5.15 Å². The molecule has 1 aromatic carbocycles. The number of aliphatic hydroxyl groups is 1. The highest BCUT2D eigenvalue weighted by atomic mass is 35.5. The highest BCUT2D eigenvalue weighted by molar-refractivity contribution is 7.97. The summed E-state index contributed by atoms with van der Waals surface area (Å²) in [5, 5.41) is 9.54. The molecule has 0 amide bonds. The monoisotopic (exact) mass is 279 g/mol. The van der Waals surface area contributed by atoms with Crippen molar-refractivity contribution in [3.05, 3.63) is 64.4 Å². The van der Waals surface area contributed by atoms with E-state index in [1.807, 2.05) is 36.4 Å². The first-order valence-corrected chi connectivity index (χ1v) is 7.18. The lowest BCUT2D eigenvalue weighted by molar-refractivity contribution is 0.282. The number of hydrogen-bond acceptors (Lipinski definition) is 3. The van der Waals surface area contributed by atoms with E-state index >= 15 is 0 Å². The fraction of sp³-hybridized carbons (Fsp3) is 0.214. The van der Waals surface area contributed by atoms with E-state index in [9.17, 15) is 0 Å². The van der Waals surface area contributed by atoms with E-state index in [2.05, 4.69) is 4.98 Å². The lowest BCUT2D eigenvalue weighted by atomic mass is 10.2. The van der Waals surface area contributed by atoms with Crippen molar-refractivity contribution in [2.24, 2.45) is 0 Å². The second-order valence-corrected chi connectivity index (χ2v) is 5.26. The third-order valence-electron chi connectivity index (χ3n) is 2.57. The molecule has 2 aromatic rings. The van der Waals surface area contributed by atoms with Crippen molar-refractivity contribution in [1.82, 2.24) is 4.98 Å². The number of rotatable bonds is 5. The highest BCUT2D eigenvalue weighted by Crippen LogP contribution is 2.21. The number of benzene rings is 1. The summed E-state index contributed by atoms with van der Waals surface area (Å²) in [6.07, 6.45) is 1.70. The summed E-state index contributed by atoms with van der Waals surface area (Å²) >= 11 is 7.79. The van der Waals surface area contributed by atoms with Crippen LogP contribution in [0.25, 0.3) is 0 Å². The van der Waals surface area contributed by atoms with Crippen molar-refractivity contribution in [3.63, 3.8) is 0 Å². The maximum Gasteiger partial charge on any atom is 0.133 e. The summed E-state index contributed by atoms with van der Waals surface area (Å²) in [6, 6.07) is 11.9. The average Bonchev–Trinajstić information content (AvgIpc) is 2.42. The van der Waals surface area contributed by atoms with E-state index in [0.29, 0.717) is 5.15 Å². The molecule has 0 aliphatic heterocycles. The Labute approximate surface area is 116 Å². The Morgan fingerprint density at radius 1 is 1.06 bits per heavy atom. The summed E-state index contributed by atoms with van der Waals surface area (Å²) < 4.78 is 0. The van der Waals surface area contributed by atoms with Gasteiger partial charge < -0.3 is 5.11 Å². The predicted molar refractivity (Wildman–Crippen MR) is 76.6 cm³/mol. The Kier molecular flexibility index (Phi) is 5.05. The van der Waals surface area contributed by atoms with Gasteiger partial charge in [-0.2, -0.15) is 11.8 Å². The maximum atomic E-state index is 8.96. The van der Waals surface area contributed by atoms with Gasteiger partial charge in [-0.15, -0.1) is 0 Å². The molecule has 94 valence electrons. The van der Waals surface area contributed by atoms with E-state index < -0.39 is 0 Å². The Bertz CT molecular complexity index is 501. The molecule has 0 saturated carbocycles. The molecule has 0 saturated heterocycles. The Morgan fingerprint density at radius 3 is 2.44 bits per heavy atom. The minimum Gasteiger partial charge on any atom is -0.392 e. The van der Waals surface area contributed by atoms with Gasteiger partial charge in [-0.05, 0) is 22.8 Å². The standard InChI is InChI=1S/C14H14ClNOS/c15-14-13(2-1-7-16-14)10-18-9-12-5-3-11(8-17)4-6-12/h1-7,17H,8-10H2. The first-order valence-electron chi connectivity index (χ1n) is 5.65. The van der Waals surface area contributed by atoms with Crippen LogP contribution in [0.15, 0.2) is 42.6 Å². The van der Waals surface area contributed by atoms with Gasteiger partial charge in [-0.3, -0.25) is 0 Å². The average molecular weight is 280 g/mol. The third kappa shape index (κ3) is 3.73. The van der Waals surface area contributed by atoms with Crippen molar-refractivity contribution >= 4 is 23.4 Å². The highest BCUT2D eigenvalue weighted by Gasteiger charge is 2.01. The van der Waals surface area contributed by atoms with Gasteiger partial charge >= 0.3 is 0 Å². The number of aliphatic hydroxyl groups excluding tert-OH is 1. The van der Waals surface area contributed by atoms with Crippen molar-refractivity contribution in [2.75, 3.05) is 0 Å². The fourth-order valence-corrected chi connectivity index (χ4v) is 2.80. The van der Waals surface area contributed by atoms with Gasteiger partial charge in [0.2, 0.25) is 0 Å². The molecule has 2 rings (SSSR count). The van der Waals surface area contributed by atoms with Crippen LogP contribution in [-0.2, 0) is 18.1 Å². The Morgan fingerprint density at radius 2 is 1.78 bits per heavy atom. The van der Waals surface area contributed by atoms with Crippen molar-refractivity contribution in [2.45, 2.75) is 18.1 Å². The molecule has 4 heteroatoms. The molecule has 0 radical (unpaired) electrons. The molecule has 0 fully saturated rings. The number of thioether (sulfide) groups is 1. The number of halogens is 1. The van der Waals surface area contributed by atoms with Crippen LogP contribution in [-0.4, -0.2) is 10.1 Å². The van der Waals surface area contributed by atoms with Crippen LogP contribution in [0, 0.1) is 0 Å². The van der Waals surface area contributed by atoms with Crippen LogP contribution in [0.5, 0.6) is 0 Å². The summed E-state index contributed by atoms with van der Waals surface area (Å²) in [6.45, 7) is 0.0959. The summed E-state index contributed by atoms with van der Waals surface area (Å²) in [4.78, 5) is 4.05. The number of pyridine rings is 1. The molecule has 0 bridgehead atoms. The van der Waals surface area contributed by atoms with Crippen molar-refractivity contribution in [1.29, 1.82) is 0 Å². The molecule has 0 aliphatic rings. The number of nitrogens with zero attached hydrogens (tertiary/aromatic N) is 1. The second kappa shape index (κ2) is 6.78. The molecule has 2 nitrogen and oxygen atoms in total. The normalized spacial score (nSPS) is 10.6. The van der Waals surface area contributed by atoms with E-state index in [-0.39, 0.29) is 6.61 Å². The smallest absolute Gasteiger partial charge is 0.133 e.